The van der Waals surface area contributed by atoms with Crippen molar-refractivity contribution in [2.75, 3.05) is 6.54 Å². The van der Waals surface area contributed by atoms with Gasteiger partial charge in [-0.2, -0.15) is 0 Å². The third-order valence-electron chi connectivity index (χ3n) is 4.06. The van der Waals surface area contributed by atoms with E-state index >= 15 is 0 Å². The second kappa shape index (κ2) is 7.77. The van der Waals surface area contributed by atoms with Gasteiger partial charge in [-0.1, -0.05) is 32.0 Å². The number of nitrogens with one attached hydrogen (secondary N) is 1. The second-order valence-corrected chi connectivity index (χ2v) is 7.06. The summed E-state index contributed by atoms with van der Waals surface area (Å²) in [6.07, 6.45) is 3.38. The number of benzene rings is 1. The van der Waals surface area contributed by atoms with Crippen LogP contribution >= 0.6 is 11.3 Å². The molecule has 1 N–H and O–H groups in total. The van der Waals surface area contributed by atoms with E-state index in [1.165, 1.54) is 26.4 Å². The van der Waals surface area contributed by atoms with Crippen LogP contribution in [-0.4, -0.2) is 12.6 Å². The monoisotopic (exact) mass is 301 g/mol. The van der Waals surface area contributed by atoms with Gasteiger partial charge in [-0.3, -0.25) is 0 Å². The highest BCUT2D eigenvalue weighted by molar-refractivity contribution is 7.11. The van der Waals surface area contributed by atoms with Crippen LogP contribution in [0.3, 0.4) is 0 Å². The first kappa shape index (κ1) is 16.3. The normalized spacial score (nSPS) is 12.6. The highest BCUT2D eigenvalue weighted by Gasteiger charge is 2.11. The van der Waals surface area contributed by atoms with Crippen LogP contribution in [0.2, 0.25) is 0 Å². The molecule has 1 heterocycles. The summed E-state index contributed by atoms with van der Waals surface area (Å²) in [6.45, 7) is 9.83. The largest absolute Gasteiger partial charge is 0.314 e. The first-order valence-corrected chi connectivity index (χ1v) is 8.81. The Hall–Kier alpha value is -1.12. The summed E-state index contributed by atoms with van der Waals surface area (Å²) in [5, 5.41) is 3.65. The van der Waals surface area contributed by atoms with E-state index < -0.39 is 0 Å². The Labute approximate surface area is 133 Å². The van der Waals surface area contributed by atoms with Crippen LogP contribution in [0.4, 0.5) is 0 Å². The van der Waals surface area contributed by atoms with Crippen LogP contribution in [0.25, 0.3) is 0 Å². The molecule has 0 aliphatic heterocycles. The SMILES string of the molecule is CCNC(Cc1ccc(C)c(C)c1)Cc1ccc(CC)s1. The van der Waals surface area contributed by atoms with Crippen molar-refractivity contribution in [1.82, 2.24) is 5.32 Å². The maximum Gasteiger partial charge on any atom is 0.0156 e. The van der Waals surface area contributed by atoms with Gasteiger partial charge in [0.05, 0.1) is 0 Å². The molecule has 0 aliphatic carbocycles. The van der Waals surface area contributed by atoms with E-state index in [-0.39, 0.29) is 0 Å². The van der Waals surface area contributed by atoms with Crippen LogP contribution in [0.5, 0.6) is 0 Å². The van der Waals surface area contributed by atoms with Gasteiger partial charge >= 0.3 is 0 Å². The van der Waals surface area contributed by atoms with E-state index in [4.69, 9.17) is 0 Å². The predicted molar refractivity (Wildman–Crippen MR) is 94.5 cm³/mol. The zero-order valence-electron chi connectivity index (χ0n) is 13.7. The zero-order valence-corrected chi connectivity index (χ0v) is 14.5. The summed E-state index contributed by atoms with van der Waals surface area (Å²) < 4.78 is 0. The topological polar surface area (TPSA) is 12.0 Å². The fourth-order valence-corrected chi connectivity index (χ4v) is 3.72. The zero-order chi connectivity index (χ0) is 15.2. The maximum absolute atomic E-state index is 3.65. The van der Waals surface area contributed by atoms with E-state index in [1.807, 2.05) is 11.3 Å². The molecular formula is C19H27NS. The average Bonchev–Trinajstić information content (AvgIpc) is 2.91. The molecule has 0 saturated heterocycles. The molecule has 0 aliphatic rings. The third kappa shape index (κ3) is 4.69. The molecule has 0 radical (unpaired) electrons. The molecule has 1 aromatic carbocycles. The Kier molecular flexibility index (Phi) is 6.01. The lowest BCUT2D eigenvalue weighted by Gasteiger charge is -2.18. The lowest BCUT2D eigenvalue weighted by molar-refractivity contribution is 0.524. The molecule has 1 nitrogen and oxygen atoms in total. The predicted octanol–water partition coefficient (Wildman–Crippen LogP) is 4.69. The van der Waals surface area contributed by atoms with Gasteiger partial charge in [-0.15, -0.1) is 11.3 Å². The number of rotatable bonds is 7. The lowest BCUT2D eigenvalue weighted by Crippen LogP contribution is -2.32. The second-order valence-electron chi connectivity index (χ2n) is 5.80. The fraction of sp³-hybridized carbons (Fsp3) is 0.474. The van der Waals surface area contributed by atoms with Crippen molar-refractivity contribution < 1.29 is 0 Å². The van der Waals surface area contributed by atoms with Crippen molar-refractivity contribution in [2.45, 2.75) is 53.0 Å². The highest BCUT2D eigenvalue weighted by Crippen LogP contribution is 2.20. The summed E-state index contributed by atoms with van der Waals surface area (Å²) in [5.41, 5.74) is 4.22. The Morgan fingerprint density at radius 1 is 0.952 bits per heavy atom. The van der Waals surface area contributed by atoms with Crippen molar-refractivity contribution in [2.24, 2.45) is 0 Å². The summed E-state index contributed by atoms with van der Waals surface area (Å²) in [7, 11) is 0. The molecule has 21 heavy (non-hydrogen) atoms. The van der Waals surface area contributed by atoms with Crippen LogP contribution in [0.15, 0.2) is 30.3 Å². The minimum absolute atomic E-state index is 0.528. The summed E-state index contributed by atoms with van der Waals surface area (Å²) in [4.78, 5) is 2.99. The molecule has 1 aromatic heterocycles. The van der Waals surface area contributed by atoms with Crippen LogP contribution in [-0.2, 0) is 19.3 Å². The molecule has 0 bridgehead atoms. The van der Waals surface area contributed by atoms with Crippen molar-refractivity contribution in [3.63, 3.8) is 0 Å². The standard InChI is InChI=1S/C19H27NS/c1-5-18-9-10-19(21-18)13-17(20-6-2)12-16-8-7-14(3)15(4)11-16/h7-11,17,20H,5-6,12-13H2,1-4H3. The van der Waals surface area contributed by atoms with Crippen LogP contribution in [0, 0.1) is 13.8 Å². The first-order valence-electron chi connectivity index (χ1n) is 7.99. The number of likely N-dealkylation sites (N-methyl/N-ethyl adjacent to an activating group) is 1. The fourth-order valence-electron chi connectivity index (χ4n) is 2.69. The van der Waals surface area contributed by atoms with Gasteiger partial charge in [0.2, 0.25) is 0 Å². The average molecular weight is 301 g/mol. The van der Waals surface area contributed by atoms with Crippen molar-refractivity contribution in [1.29, 1.82) is 0 Å². The van der Waals surface area contributed by atoms with Crippen molar-refractivity contribution in [3.05, 3.63) is 56.8 Å². The van der Waals surface area contributed by atoms with E-state index in [0.29, 0.717) is 6.04 Å². The van der Waals surface area contributed by atoms with Gasteiger partial charge < -0.3 is 5.32 Å². The van der Waals surface area contributed by atoms with E-state index in [2.05, 4.69) is 63.3 Å². The first-order chi connectivity index (χ1) is 10.1. The minimum Gasteiger partial charge on any atom is -0.314 e. The van der Waals surface area contributed by atoms with Gasteiger partial charge in [0.1, 0.15) is 0 Å². The molecular weight excluding hydrogens is 274 g/mol. The summed E-state index contributed by atoms with van der Waals surface area (Å²) >= 11 is 1.96. The highest BCUT2D eigenvalue weighted by atomic mass is 32.1. The molecule has 2 rings (SSSR count). The molecule has 0 saturated carbocycles. The van der Waals surface area contributed by atoms with Gasteiger partial charge in [-0.05, 0) is 68.5 Å². The minimum atomic E-state index is 0.528. The molecule has 0 spiro atoms. The Morgan fingerprint density at radius 3 is 2.33 bits per heavy atom. The van der Waals surface area contributed by atoms with Gasteiger partial charge in [0, 0.05) is 15.8 Å². The molecule has 2 aromatic rings. The van der Waals surface area contributed by atoms with Crippen molar-refractivity contribution >= 4 is 11.3 Å². The van der Waals surface area contributed by atoms with Gasteiger partial charge in [0.15, 0.2) is 0 Å². The summed E-state index contributed by atoms with van der Waals surface area (Å²) in [6, 6.07) is 12.0. The van der Waals surface area contributed by atoms with Crippen LogP contribution in [0.1, 0.15) is 40.3 Å². The maximum atomic E-state index is 3.65. The number of thiophene rings is 1. The number of hydrogen-bond acceptors (Lipinski definition) is 2. The number of hydrogen-bond donors (Lipinski definition) is 1. The summed E-state index contributed by atoms with van der Waals surface area (Å²) in [5.74, 6) is 0. The van der Waals surface area contributed by atoms with Crippen molar-refractivity contribution in [3.8, 4) is 0 Å². The molecule has 0 fully saturated rings. The Balaban J connectivity index is 2.05. The van der Waals surface area contributed by atoms with E-state index in [0.717, 1.165) is 25.8 Å². The number of aryl methyl sites for hydroxylation is 3. The lowest BCUT2D eigenvalue weighted by atomic mass is 9.99. The van der Waals surface area contributed by atoms with Gasteiger partial charge in [-0.25, -0.2) is 0 Å². The quantitative estimate of drug-likeness (QED) is 0.782. The smallest absolute Gasteiger partial charge is 0.0156 e. The molecule has 0 amide bonds. The third-order valence-corrected chi connectivity index (χ3v) is 5.31. The molecule has 1 atom stereocenters. The van der Waals surface area contributed by atoms with E-state index in [1.54, 1.807) is 0 Å². The molecule has 2 heteroatoms. The molecule has 1 unspecified atom stereocenters. The molecule has 114 valence electrons. The van der Waals surface area contributed by atoms with Crippen LogP contribution < -0.4 is 5.32 Å². The Morgan fingerprint density at radius 2 is 1.71 bits per heavy atom. The van der Waals surface area contributed by atoms with E-state index in [9.17, 15) is 0 Å². The van der Waals surface area contributed by atoms with Gasteiger partial charge in [0.25, 0.3) is 0 Å². The Bertz CT molecular complexity index is 571.